The third-order valence-electron chi connectivity index (χ3n) is 3.20. The molecule has 0 aliphatic carbocycles. The van der Waals surface area contributed by atoms with Crippen molar-refractivity contribution in [1.29, 1.82) is 0 Å². The van der Waals surface area contributed by atoms with Crippen molar-refractivity contribution in [3.63, 3.8) is 0 Å². The van der Waals surface area contributed by atoms with Gasteiger partial charge in [0.25, 0.3) is 0 Å². The first kappa shape index (κ1) is 9.60. The molecule has 3 nitrogen and oxygen atoms in total. The van der Waals surface area contributed by atoms with Crippen LogP contribution >= 0.6 is 0 Å². The molecule has 2 aromatic rings. The van der Waals surface area contributed by atoms with Crippen molar-refractivity contribution in [1.82, 2.24) is 15.3 Å². The highest BCUT2D eigenvalue weighted by Gasteiger charge is 2.21. The Morgan fingerprint density at radius 3 is 2.75 bits per heavy atom. The molecule has 1 aliphatic heterocycles. The van der Waals surface area contributed by atoms with Gasteiger partial charge in [0.15, 0.2) is 0 Å². The predicted molar refractivity (Wildman–Crippen MR) is 64.4 cm³/mol. The summed E-state index contributed by atoms with van der Waals surface area (Å²) in [6.45, 7) is 4.21. The zero-order valence-corrected chi connectivity index (χ0v) is 9.33. The number of imidazole rings is 1. The van der Waals surface area contributed by atoms with Gasteiger partial charge in [0.05, 0.1) is 11.9 Å². The zero-order chi connectivity index (χ0) is 11.0. The van der Waals surface area contributed by atoms with Crippen molar-refractivity contribution in [3.05, 3.63) is 41.9 Å². The normalized spacial score (nSPS) is 16.1. The minimum Gasteiger partial charge on any atom is -0.342 e. The van der Waals surface area contributed by atoms with Crippen molar-refractivity contribution < 1.29 is 0 Å². The molecule has 3 rings (SSSR count). The molecule has 0 atom stereocenters. The average Bonchev–Trinajstić information content (AvgIpc) is 2.65. The maximum Gasteiger partial charge on any atom is 0.112 e. The molecule has 2 N–H and O–H groups in total. The van der Waals surface area contributed by atoms with E-state index in [1.54, 1.807) is 0 Å². The molecule has 0 radical (unpaired) electrons. The standard InChI is InChI=1S/C13H15N3/c1-9-4-2-3-5-11(9)12-8-15-13(16-12)10-6-14-7-10/h2-5,8,10,14H,6-7H2,1H3,(H,15,16). The SMILES string of the molecule is Cc1ccccc1-c1cnc(C2CNC2)[nH]1. The van der Waals surface area contributed by atoms with Gasteiger partial charge in [0.2, 0.25) is 0 Å². The predicted octanol–water partition coefficient (Wildman–Crippen LogP) is 2.07. The van der Waals surface area contributed by atoms with E-state index in [0.717, 1.165) is 24.6 Å². The van der Waals surface area contributed by atoms with E-state index in [4.69, 9.17) is 0 Å². The lowest BCUT2D eigenvalue weighted by molar-refractivity contribution is 0.433. The van der Waals surface area contributed by atoms with E-state index in [1.807, 2.05) is 6.20 Å². The van der Waals surface area contributed by atoms with Gasteiger partial charge in [-0.1, -0.05) is 24.3 Å². The number of nitrogens with zero attached hydrogens (tertiary/aromatic N) is 1. The van der Waals surface area contributed by atoms with E-state index in [1.165, 1.54) is 11.1 Å². The van der Waals surface area contributed by atoms with Crippen LogP contribution in [-0.2, 0) is 0 Å². The fourth-order valence-corrected chi connectivity index (χ4v) is 2.04. The lowest BCUT2D eigenvalue weighted by Gasteiger charge is -2.24. The van der Waals surface area contributed by atoms with E-state index in [9.17, 15) is 0 Å². The van der Waals surface area contributed by atoms with E-state index in [2.05, 4.69) is 46.5 Å². The molecule has 0 spiro atoms. The minimum absolute atomic E-state index is 0.567. The Morgan fingerprint density at radius 1 is 1.25 bits per heavy atom. The summed E-state index contributed by atoms with van der Waals surface area (Å²) >= 11 is 0. The van der Waals surface area contributed by atoms with Crippen LogP contribution in [0.3, 0.4) is 0 Å². The lowest BCUT2D eigenvalue weighted by atomic mass is 10.0. The van der Waals surface area contributed by atoms with Crippen LogP contribution in [0.1, 0.15) is 17.3 Å². The maximum atomic E-state index is 4.46. The minimum atomic E-state index is 0.567. The molecule has 0 bridgehead atoms. The van der Waals surface area contributed by atoms with Crippen LogP contribution in [0, 0.1) is 6.92 Å². The highest BCUT2D eigenvalue weighted by molar-refractivity contribution is 5.62. The Hall–Kier alpha value is -1.61. The zero-order valence-electron chi connectivity index (χ0n) is 9.33. The van der Waals surface area contributed by atoms with Gasteiger partial charge in [-0.05, 0) is 12.5 Å². The molecule has 0 unspecified atom stereocenters. The monoisotopic (exact) mass is 213 g/mol. The first-order valence-electron chi connectivity index (χ1n) is 5.66. The number of nitrogens with one attached hydrogen (secondary N) is 2. The number of hydrogen-bond donors (Lipinski definition) is 2. The van der Waals surface area contributed by atoms with Crippen molar-refractivity contribution in [2.24, 2.45) is 0 Å². The lowest BCUT2D eigenvalue weighted by Crippen LogP contribution is -2.40. The van der Waals surface area contributed by atoms with E-state index >= 15 is 0 Å². The third kappa shape index (κ3) is 1.53. The first-order valence-corrected chi connectivity index (χ1v) is 5.66. The largest absolute Gasteiger partial charge is 0.342 e. The number of H-pyrrole nitrogens is 1. The molecule has 1 saturated heterocycles. The molecule has 2 heterocycles. The number of benzene rings is 1. The van der Waals surface area contributed by atoms with Crippen LogP contribution in [0.25, 0.3) is 11.3 Å². The highest BCUT2D eigenvalue weighted by Crippen LogP contribution is 2.24. The first-order chi connectivity index (χ1) is 7.84. The number of aromatic nitrogens is 2. The Labute approximate surface area is 94.9 Å². The highest BCUT2D eigenvalue weighted by atomic mass is 15.0. The van der Waals surface area contributed by atoms with Crippen LogP contribution in [0.5, 0.6) is 0 Å². The van der Waals surface area contributed by atoms with Gasteiger partial charge >= 0.3 is 0 Å². The third-order valence-corrected chi connectivity index (χ3v) is 3.20. The molecule has 0 amide bonds. The molecule has 3 heteroatoms. The summed E-state index contributed by atoms with van der Waals surface area (Å²) in [6.07, 6.45) is 1.94. The molecular formula is C13H15N3. The second-order valence-electron chi connectivity index (χ2n) is 4.35. The molecule has 1 aromatic carbocycles. The van der Waals surface area contributed by atoms with E-state index < -0.39 is 0 Å². The summed E-state index contributed by atoms with van der Waals surface area (Å²) in [5.74, 6) is 1.68. The Kier molecular flexibility index (Phi) is 2.26. The van der Waals surface area contributed by atoms with Gasteiger partial charge in [-0.15, -0.1) is 0 Å². The molecule has 16 heavy (non-hydrogen) atoms. The Balaban J connectivity index is 1.95. The van der Waals surface area contributed by atoms with Gasteiger partial charge in [-0.2, -0.15) is 0 Å². The van der Waals surface area contributed by atoms with Gasteiger partial charge in [0, 0.05) is 24.6 Å². The van der Waals surface area contributed by atoms with Crippen LogP contribution < -0.4 is 5.32 Å². The molecule has 1 aromatic heterocycles. The number of aryl methyl sites for hydroxylation is 1. The van der Waals surface area contributed by atoms with Crippen molar-refractivity contribution in [3.8, 4) is 11.3 Å². The Bertz CT molecular complexity index is 497. The summed E-state index contributed by atoms with van der Waals surface area (Å²) in [4.78, 5) is 7.88. The van der Waals surface area contributed by atoms with Crippen LogP contribution in [0.15, 0.2) is 30.5 Å². The van der Waals surface area contributed by atoms with E-state index in [-0.39, 0.29) is 0 Å². The number of aromatic amines is 1. The van der Waals surface area contributed by atoms with Gasteiger partial charge in [-0.25, -0.2) is 4.98 Å². The van der Waals surface area contributed by atoms with E-state index in [0.29, 0.717) is 5.92 Å². The van der Waals surface area contributed by atoms with Crippen molar-refractivity contribution >= 4 is 0 Å². The maximum absolute atomic E-state index is 4.46. The topological polar surface area (TPSA) is 40.7 Å². The fraction of sp³-hybridized carbons (Fsp3) is 0.308. The fourth-order valence-electron chi connectivity index (χ4n) is 2.04. The van der Waals surface area contributed by atoms with Crippen LogP contribution in [0.4, 0.5) is 0 Å². The summed E-state index contributed by atoms with van der Waals surface area (Å²) in [5.41, 5.74) is 3.65. The second-order valence-corrected chi connectivity index (χ2v) is 4.35. The smallest absolute Gasteiger partial charge is 0.112 e. The number of hydrogen-bond acceptors (Lipinski definition) is 2. The van der Waals surface area contributed by atoms with Crippen LogP contribution in [-0.4, -0.2) is 23.1 Å². The van der Waals surface area contributed by atoms with Gasteiger partial charge in [-0.3, -0.25) is 0 Å². The summed E-state index contributed by atoms with van der Waals surface area (Å²) in [7, 11) is 0. The summed E-state index contributed by atoms with van der Waals surface area (Å²) < 4.78 is 0. The second kappa shape index (κ2) is 3.76. The van der Waals surface area contributed by atoms with Gasteiger partial charge in [0.1, 0.15) is 5.82 Å². The molecule has 82 valence electrons. The average molecular weight is 213 g/mol. The Morgan fingerprint density at radius 2 is 2.06 bits per heavy atom. The van der Waals surface area contributed by atoms with Crippen molar-refractivity contribution in [2.75, 3.05) is 13.1 Å². The van der Waals surface area contributed by atoms with Crippen molar-refractivity contribution in [2.45, 2.75) is 12.8 Å². The molecular weight excluding hydrogens is 198 g/mol. The number of rotatable bonds is 2. The molecule has 1 aliphatic rings. The quantitative estimate of drug-likeness (QED) is 0.801. The van der Waals surface area contributed by atoms with Crippen LogP contribution in [0.2, 0.25) is 0 Å². The summed E-state index contributed by atoms with van der Waals surface area (Å²) in [6, 6.07) is 8.38. The molecule has 0 saturated carbocycles. The van der Waals surface area contributed by atoms with Gasteiger partial charge < -0.3 is 10.3 Å². The molecule has 1 fully saturated rings. The summed E-state index contributed by atoms with van der Waals surface area (Å²) in [5, 5.41) is 3.26.